The summed E-state index contributed by atoms with van der Waals surface area (Å²) in [6.07, 6.45) is 0. The number of ether oxygens (including phenoxy) is 1. The highest BCUT2D eigenvalue weighted by Gasteiger charge is 2.12. The smallest absolute Gasteiger partial charge is 0.325 e. The van der Waals surface area contributed by atoms with E-state index in [0.29, 0.717) is 5.69 Å². The van der Waals surface area contributed by atoms with Crippen LogP contribution in [0.25, 0.3) is 0 Å². The molecule has 0 fully saturated rings. The van der Waals surface area contributed by atoms with Gasteiger partial charge in [0, 0.05) is 16.1 Å². The molecule has 0 unspecified atom stereocenters. The lowest BCUT2D eigenvalue weighted by atomic mass is 10.2. The molecule has 0 aromatic heterocycles. The fraction of sp³-hybridized carbons (Fsp3) is 0.158. The number of nitrogens with one attached hydrogen (secondary N) is 2. The first kappa shape index (κ1) is 20.9. The Balaban J connectivity index is 1.76. The lowest BCUT2D eigenvalue weighted by Gasteiger charge is -2.10. The molecule has 0 aliphatic carbocycles. The van der Waals surface area contributed by atoms with Crippen LogP contribution < -0.4 is 10.6 Å². The van der Waals surface area contributed by atoms with Crippen LogP contribution in [0.15, 0.2) is 47.4 Å². The monoisotopic (exact) mass is 401 g/mol. The van der Waals surface area contributed by atoms with E-state index in [-0.39, 0.29) is 5.56 Å². The Kier molecular flexibility index (Phi) is 7.54. The van der Waals surface area contributed by atoms with Crippen molar-refractivity contribution in [2.45, 2.75) is 11.8 Å². The molecular weight excluding hydrogens is 385 g/mol. The maximum absolute atomic E-state index is 12.8. The number of thioether (sulfide) groups is 1. The summed E-state index contributed by atoms with van der Waals surface area (Å²) in [4.78, 5) is 36.1. The molecule has 0 spiro atoms. The van der Waals surface area contributed by atoms with Gasteiger partial charge in [-0.25, -0.2) is 4.39 Å². The Morgan fingerprint density at radius 2 is 1.89 bits per heavy atom. The minimum atomic E-state index is -0.789. The van der Waals surface area contributed by atoms with Gasteiger partial charge in [-0.1, -0.05) is 0 Å². The second-order valence-electron chi connectivity index (χ2n) is 5.57. The Morgan fingerprint density at radius 3 is 2.54 bits per heavy atom. The van der Waals surface area contributed by atoms with Crippen LogP contribution in [0.5, 0.6) is 0 Å². The Hall–Kier alpha value is -3.38. The molecule has 0 aliphatic rings. The van der Waals surface area contributed by atoms with Gasteiger partial charge in [0.05, 0.1) is 0 Å². The molecule has 0 saturated carbocycles. The number of halogens is 1. The van der Waals surface area contributed by atoms with E-state index in [1.807, 2.05) is 5.40 Å². The second kappa shape index (κ2) is 10.1. The summed E-state index contributed by atoms with van der Waals surface area (Å²) in [5, 5.41) is 15.5. The van der Waals surface area contributed by atoms with Gasteiger partial charge in [0.25, 0.3) is 11.8 Å². The molecule has 28 heavy (non-hydrogen) atoms. The van der Waals surface area contributed by atoms with E-state index < -0.39 is 36.8 Å². The van der Waals surface area contributed by atoms with Crippen LogP contribution in [-0.2, 0) is 14.3 Å². The highest BCUT2D eigenvalue weighted by molar-refractivity contribution is 8.03. The predicted molar refractivity (Wildman–Crippen MR) is 101 cm³/mol. The Morgan fingerprint density at radius 1 is 1.18 bits per heavy atom. The van der Waals surface area contributed by atoms with Crippen molar-refractivity contribution in [1.82, 2.24) is 5.32 Å². The molecule has 0 radical (unpaired) electrons. The van der Waals surface area contributed by atoms with E-state index in [0.717, 1.165) is 34.4 Å². The molecule has 2 amide bonds. The molecule has 144 valence electrons. The molecule has 2 aromatic rings. The van der Waals surface area contributed by atoms with Crippen LogP contribution >= 0.6 is 11.8 Å². The molecule has 9 heteroatoms. The van der Waals surface area contributed by atoms with Crippen LogP contribution in [0, 0.1) is 23.4 Å². The zero-order chi connectivity index (χ0) is 20.5. The number of carbonyl (C=O) groups is 3. The lowest BCUT2D eigenvalue weighted by molar-refractivity contribution is -0.146. The van der Waals surface area contributed by atoms with Gasteiger partial charge in [-0.3, -0.25) is 14.4 Å². The van der Waals surface area contributed by atoms with Crippen molar-refractivity contribution in [3.8, 4) is 5.40 Å². The third-order valence-corrected chi connectivity index (χ3v) is 4.08. The number of nitrogens with zero attached hydrogens (tertiary/aromatic N) is 1. The third kappa shape index (κ3) is 6.41. The summed E-state index contributed by atoms with van der Waals surface area (Å²) >= 11 is 1.01. The number of benzene rings is 2. The number of thiocyanates is 1. The van der Waals surface area contributed by atoms with E-state index in [2.05, 4.69) is 10.6 Å². The fourth-order valence-electron chi connectivity index (χ4n) is 2.13. The Labute approximate surface area is 164 Å². The predicted octanol–water partition coefficient (Wildman–Crippen LogP) is 2.62. The molecule has 0 atom stereocenters. The number of amides is 2. The van der Waals surface area contributed by atoms with Gasteiger partial charge in [0.15, 0.2) is 6.61 Å². The van der Waals surface area contributed by atoms with E-state index in [9.17, 15) is 18.8 Å². The summed E-state index contributed by atoms with van der Waals surface area (Å²) in [5.74, 6) is -2.37. The van der Waals surface area contributed by atoms with Gasteiger partial charge in [0.1, 0.15) is 17.8 Å². The molecule has 2 aromatic carbocycles. The standard InChI is InChI=1S/C19H16FN3O4S/c1-12-8-15(28-11-21)6-7-16(12)23-17(24)10-27-18(25)9-22-19(26)13-2-4-14(20)5-3-13/h2-8H,9-10H2,1H3,(H,22,26)(H,23,24). The average molecular weight is 401 g/mol. The molecule has 0 bridgehead atoms. The molecular formula is C19H16FN3O4S. The zero-order valence-corrected chi connectivity index (χ0v) is 15.6. The summed E-state index contributed by atoms with van der Waals surface area (Å²) in [5.41, 5.74) is 1.49. The summed E-state index contributed by atoms with van der Waals surface area (Å²) < 4.78 is 17.6. The van der Waals surface area contributed by atoms with Gasteiger partial charge < -0.3 is 15.4 Å². The number of hydrogen-bond acceptors (Lipinski definition) is 6. The minimum Gasteiger partial charge on any atom is -0.454 e. The Bertz CT molecular complexity index is 926. The normalized spacial score (nSPS) is 9.89. The number of aryl methyl sites for hydroxylation is 1. The van der Waals surface area contributed by atoms with E-state index in [1.54, 1.807) is 25.1 Å². The first-order chi connectivity index (χ1) is 13.4. The van der Waals surface area contributed by atoms with Crippen LogP contribution in [0.3, 0.4) is 0 Å². The van der Waals surface area contributed by atoms with Crippen molar-refractivity contribution in [1.29, 1.82) is 5.26 Å². The van der Waals surface area contributed by atoms with Gasteiger partial charge in [-0.05, 0) is 66.7 Å². The quantitative estimate of drug-likeness (QED) is 0.419. The van der Waals surface area contributed by atoms with Crippen molar-refractivity contribution in [3.05, 3.63) is 59.4 Å². The van der Waals surface area contributed by atoms with Crippen molar-refractivity contribution in [3.63, 3.8) is 0 Å². The van der Waals surface area contributed by atoms with Gasteiger partial charge in [0.2, 0.25) is 0 Å². The van der Waals surface area contributed by atoms with Crippen LogP contribution in [0.2, 0.25) is 0 Å². The highest BCUT2D eigenvalue weighted by Crippen LogP contribution is 2.23. The third-order valence-electron chi connectivity index (χ3n) is 3.50. The maximum atomic E-state index is 12.8. The molecule has 2 rings (SSSR count). The first-order valence-electron chi connectivity index (χ1n) is 8.05. The average Bonchev–Trinajstić information content (AvgIpc) is 2.67. The summed E-state index contributed by atoms with van der Waals surface area (Å²) in [7, 11) is 0. The second-order valence-corrected chi connectivity index (χ2v) is 6.43. The number of rotatable bonds is 7. The number of esters is 1. The number of anilines is 1. The SMILES string of the molecule is Cc1cc(SC#N)ccc1NC(=O)COC(=O)CNC(=O)c1ccc(F)cc1. The van der Waals surface area contributed by atoms with Crippen molar-refractivity contribution < 1.29 is 23.5 Å². The van der Waals surface area contributed by atoms with Crippen molar-refractivity contribution in [2.75, 3.05) is 18.5 Å². The molecule has 0 heterocycles. The zero-order valence-electron chi connectivity index (χ0n) is 14.8. The number of hydrogen-bond donors (Lipinski definition) is 2. The topological polar surface area (TPSA) is 108 Å². The lowest BCUT2D eigenvalue weighted by Crippen LogP contribution is -2.32. The van der Waals surface area contributed by atoms with E-state index in [4.69, 9.17) is 10.00 Å². The van der Waals surface area contributed by atoms with E-state index in [1.165, 1.54) is 12.1 Å². The molecule has 0 saturated heterocycles. The van der Waals surface area contributed by atoms with Crippen LogP contribution in [0.4, 0.5) is 10.1 Å². The summed E-state index contributed by atoms with van der Waals surface area (Å²) in [6, 6.07) is 9.92. The molecule has 2 N–H and O–H groups in total. The molecule has 7 nitrogen and oxygen atoms in total. The van der Waals surface area contributed by atoms with Gasteiger partial charge in [-0.15, -0.1) is 0 Å². The first-order valence-corrected chi connectivity index (χ1v) is 8.86. The highest BCUT2D eigenvalue weighted by atomic mass is 32.2. The van der Waals surface area contributed by atoms with Crippen LogP contribution in [-0.4, -0.2) is 30.9 Å². The van der Waals surface area contributed by atoms with Gasteiger partial charge in [-0.2, -0.15) is 5.26 Å². The summed E-state index contributed by atoms with van der Waals surface area (Å²) in [6.45, 7) is 0.829. The largest absolute Gasteiger partial charge is 0.454 e. The number of nitriles is 1. The van der Waals surface area contributed by atoms with Gasteiger partial charge >= 0.3 is 5.97 Å². The van der Waals surface area contributed by atoms with E-state index >= 15 is 0 Å². The van der Waals surface area contributed by atoms with Crippen LogP contribution in [0.1, 0.15) is 15.9 Å². The fourth-order valence-corrected chi connectivity index (χ4v) is 2.61. The van der Waals surface area contributed by atoms with Crippen molar-refractivity contribution in [2.24, 2.45) is 0 Å². The number of carbonyl (C=O) groups excluding carboxylic acids is 3. The molecule has 0 aliphatic heterocycles. The van der Waals surface area contributed by atoms with Crippen molar-refractivity contribution >= 4 is 35.2 Å². The maximum Gasteiger partial charge on any atom is 0.325 e. The minimum absolute atomic E-state index is 0.195.